The third-order valence-electron chi connectivity index (χ3n) is 8.70. The number of hydrogen-bond donors (Lipinski definition) is 0. The molecule has 264 valence electrons. The second-order valence-corrected chi connectivity index (χ2v) is 12.0. The predicted molar refractivity (Wildman–Crippen MR) is 180 cm³/mol. The van der Waals surface area contributed by atoms with Crippen molar-refractivity contribution in [2.45, 2.75) is 19.3 Å². The van der Waals surface area contributed by atoms with Crippen LogP contribution in [0, 0.1) is 11.6 Å². The number of halogens is 6. The van der Waals surface area contributed by atoms with Crippen LogP contribution in [0.3, 0.4) is 0 Å². The molecule has 0 N–H and O–H groups in total. The molecule has 1 saturated carbocycles. The molecule has 0 amide bonds. The van der Waals surface area contributed by atoms with E-state index in [0.717, 1.165) is 81.1 Å². The molecule has 0 bridgehead atoms. The Kier molecular flexibility index (Phi) is 13.2. The molecule has 0 spiro atoms. The second kappa shape index (κ2) is 17.7. The second-order valence-electron chi connectivity index (χ2n) is 12.0. The Hall–Kier alpha value is -3.81. The molecular formula is C36H42BF6N3O3. The van der Waals surface area contributed by atoms with Gasteiger partial charge in [-0.15, -0.1) is 0 Å². The number of morpholine rings is 3. The van der Waals surface area contributed by atoms with Crippen LogP contribution in [0.25, 0.3) is 11.4 Å². The maximum Gasteiger partial charge on any atom is 0.673 e. The first-order valence-corrected chi connectivity index (χ1v) is 16.7. The van der Waals surface area contributed by atoms with Crippen LogP contribution < -0.4 is 0 Å². The Morgan fingerprint density at radius 2 is 0.959 bits per heavy atom. The Labute approximate surface area is 283 Å². The lowest BCUT2D eigenvalue weighted by atomic mass is 9.86. The van der Waals surface area contributed by atoms with Gasteiger partial charge in [-0.1, -0.05) is 12.2 Å². The minimum absolute atomic E-state index is 0.233. The van der Waals surface area contributed by atoms with Crippen molar-refractivity contribution in [3.63, 3.8) is 0 Å². The summed E-state index contributed by atoms with van der Waals surface area (Å²) in [6, 6.07) is 13.6. The summed E-state index contributed by atoms with van der Waals surface area (Å²) in [4.78, 5) is 4.67. The first kappa shape index (κ1) is 36.5. The van der Waals surface area contributed by atoms with Crippen LogP contribution in [-0.4, -0.2) is 106 Å². The van der Waals surface area contributed by atoms with Crippen molar-refractivity contribution >= 4 is 24.4 Å². The van der Waals surface area contributed by atoms with Gasteiger partial charge in [-0.25, -0.2) is 13.4 Å². The van der Waals surface area contributed by atoms with Crippen molar-refractivity contribution < 1.29 is 44.8 Å². The molecule has 1 aliphatic carbocycles. The Morgan fingerprint density at radius 3 is 1.35 bits per heavy atom. The molecule has 0 aromatic heterocycles. The van der Waals surface area contributed by atoms with Gasteiger partial charge in [0.1, 0.15) is 24.8 Å². The Bertz CT molecular complexity index is 1430. The van der Waals surface area contributed by atoms with Crippen molar-refractivity contribution in [3.05, 3.63) is 107 Å². The van der Waals surface area contributed by atoms with Crippen molar-refractivity contribution in [2.75, 3.05) is 78.9 Å². The summed E-state index contributed by atoms with van der Waals surface area (Å²) < 4.78 is 86.1. The largest absolute Gasteiger partial charge is 0.673 e. The van der Waals surface area contributed by atoms with E-state index in [4.69, 9.17) is 14.2 Å². The normalized spacial score (nSPS) is 21.6. The summed E-state index contributed by atoms with van der Waals surface area (Å²) in [5.74, 6) is -0.466. The van der Waals surface area contributed by atoms with Crippen LogP contribution in [-0.2, 0) is 14.2 Å². The first-order valence-electron chi connectivity index (χ1n) is 16.7. The van der Waals surface area contributed by atoms with Gasteiger partial charge < -0.3 is 41.3 Å². The maximum absolute atomic E-state index is 13.8. The predicted octanol–water partition coefficient (Wildman–Crippen LogP) is 6.83. The van der Waals surface area contributed by atoms with E-state index in [0.29, 0.717) is 39.6 Å². The van der Waals surface area contributed by atoms with Gasteiger partial charge in [0.05, 0.1) is 26.4 Å². The molecule has 3 heterocycles. The molecule has 0 radical (unpaired) electrons. The average molecular weight is 690 g/mol. The highest BCUT2D eigenvalue weighted by atomic mass is 19.5. The summed E-state index contributed by atoms with van der Waals surface area (Å²) in [5, 5.41) is 0. The van der Waals surface area contributed by atoms with E-state index in [1.807, 2.05) is 24.3 Å². The van der Waals surface area contributed by atoms with Gasteiger partial charge in [0.25, 0.3) is 0 Å². The van der Waals surface area contributed by atoms with Gasteiger partial charge in [-0.3, -0.25) is 0 Å². The highest BCUT2D eigenvalue weighted by Crippen LogP contribution is 2.30. The lowest BCUT2D eigenvalue weighted by Crippen LogP contribution is -2.36. The number of hydrogen-bond acceptors (Lipinski definition) is 5. The summed E-state index contributed by atoms with van der Waals surface area (Å²) in [7, 11) is -6.00. The van der Waals surface area contributed by atoms with Gasteiger partial charge >= 0.3 is 7.25 Å². The molecule has 49 heavy (non-hydrogen) atoms. The third-order valence-corrected chi connectivity index (χ3v) is 8.70. The van der Waals surface area contributed by atoms with E-state index in [9.17, 15) is 26.0 Å². The Balaban J connectivity index is 0.000000874. The average Bonchev–Trinajstić information content (AvgIpc) is 3.10. The van der Waals surface area contributed by atoms with Crippen LogP contribution in [0.5, 0.6) is 0 Å². The molecule has 4 aliphatic rings. The number of nitrogens with zero attached hydrogens (tertiary/aromatic N) is 3. The SMILES string of the molecule is F[B-](F)(F)F.Fc1ccc(/C(=C\C=C2/CCC/C(=C\C=C(/c3ccc(F)cc3)N3CCOCC3)C2=[N+]2CCOCC2)N2CCOCC2)cc1. The van der Waals surface area contributed by atoms with Gasteiger partial charge in [0, 0.05) is 48.7 Å². The molecule has 2 aromatic carbocycles. The Morgan fingerprint density at radius 1 is 0.592 bits per heavy atom. The number of rotatable bonds is 6. The van der Waals surface area contributed by atoms with Crippen LogP contribution in [0.15, 0.2) is 84.0 Å². The monoisotopic (exact) mass is 689 g/mol. The van der Waals surface area contributed by atoms with E-state index in [1.54, 1.807) is 0 Å². The number of allylic oxidation sites excluding steroid dienone is 6. The van der Waals surface area contributed by atoms with Gasteiger partial charge in [-0.2, -0.15) is 0 Å². The zero-order valence-corrected chi connectivity index (χ0v) is 27.4. The zero-order chi connectivity index (χ0) is 34.6. The highest BCUT2D eigenvalue weighted by Gasteiger charge is 2.29. The van der Waals surface area contributed by atoms with E-state index in [1.165, 1.54) is 41.1 Å². The topological polar surface area (TPSA) is 37.2 Å². The smallest absolute Gasteiger partial charge is 0.418 e. The zero-order valence-electron chi connectivity index (χ0n) is 27.4. The summed E-state index contributed by atoms with van der Waals surface area (Å²) in [6.45, 7) is 9.03. The van der Waals surface area contributed by atoms with Crippen molar-refractivity contribution in [2.24, 2.45) is 0 Å². The molecule has 0 atom stereocenters. The molecule has 6 rings (SSSR count). The molecule has 3 aliphatic heterocycles. The molecule has 6 nitrogen and oxygen atoms in total. The van der Waals surface area contributed by atoms with Crippen molar-refractivity contribution in [1.82, 2.24) is 9.80 Å². The standard InChI is InChI=1S/C36H42F2N3O3.BF4/c37-32-10-4-28(5-11-32)34(39-16-22-42-23-17-39)14-8-30-2-1-3-31(36(30)41-20-26-44-27-21-41)9-15-35(40-18-24-43-25-19-40)29-6-12-33(38)13-7-29;2-1(3,4)5/h4-15H,1-3,16-27H2;/q+1;-1. The van der Waals surface area contributed by atoms with E-state index in [2.05, 4.69) is 38.7 Å². The van der Waals surface area contributed by atoms with E-state index >= 15 is 0 Å². The molecule has 0 unspecified atom stereocenters. The summed E-state index contributed by atoms with van der Waals surface area (Å²) in [6.07, 6.45) is 12.0. The van der Waals surface area contributed by atoms with E-state index < -0.39 is 7.25 Å². The molecule has 13 heteroatoms. The lowest BCUT2D eigenvalue weighted by Gasteiger charge is -2.31. The van der Waals surface area contributed by atoms with Crippen LogP contribution in [0.4, 0.5) is 26.0 Å². The highest BCUT2D eigenvalue weighted by molar-refractivity contribution is 6.50. The molecule has 3 saturated heterocycles. The summed E-state index contributed by atoms with van der Waals surface area (Å²) >= 11 is 0. The minimum Gasteiger partial charge on any atom is -0.418 e. The summed E-state index contributed by atoms with van der Waals surface area (Å²) in [5.41, 5.74) is 8.07. The van der Waals surface area contributed by atoms with Gasteiger partial charge in [0.2, 0.25) is 5.71 Å². The quantitative estimate of drug-likeness (QED) is 0.189. The van der Waals surface area contributed by atoms with Crippen LogP contribution >= 0.6 is 0 Å². The molecule has 2 aromatic rings. The van der Waals surface area contributed by atoms with Crippen molar-refractivity contribution in [3.8, 4) is 0 Å². The third kappa shape index (κ3) is 11.1. The van der Waals surface area contributed by atoms with Gasteiger partial charge in [0.15, 0.2) is 13.1 Å². The van der Waals surface area contributed by atoms with Gasteiger partial charge in [-0.05, 0) is 91.1 Å². The fourth-order valence-electron chi connectivity index (χ4n) is 6.41. The lowest BCUT2D eigenvalue weighted by molar-refractivity contribution is -0.548. The minimum atomic E-state index is -6.00. The first-order chi connectivity index (χ1) is 23.7. The molecule has 4 fully saturated rings. The van der Waals surface area contributed by atoms with Crippen LogP contribution in [0.1, 0.15) is 30.4 Å². The number of benzene rings is 2. The van der Waals surface area contributed by atoms with E-state index in [-0.39, 0.29) is 11.6 Å². The molecular weight excluding hydrogens is 647 g/mol. The van der Waals surface area contributed by atoms with Crippen molar-refractivity contribution in [1.29, 1.82) is 0 Å². The fraction of sp³-hybridized carbons (Fsp3) is 0.417. The number of ether oxygens (including phenoxy) is 3. The fourth-order valence-corrected chi connectivity index (χ4v) is 6.41. The van der Waals surface area contributed by atoms with Crippen LogP contribution in [0.2, 0.25) is 0 Å². The maximum atomic E-state index is 13.8.